The van der Waals surface area contributed by atoms with Gasteiger partial charge in [-0.3, -0.25) is 9.59 Å². The molecule has 0 aromatic carbocycles. The van der Waals surface area contributed by atoms with E-state index in [0.717, 1.165) is 77.2 Å². The van der Waals surface area contributed by atoms with Gasteiger partial charge in [-0.25, -0.2) is 0 Å². The molecule has 1 saturated heterocycles. The number of nitrogens with one attached hydrogen (secondary N) is 2. The summed E-state index contributed by atoms with van der Waals surface area (Å²) in [6, 6.07) is 0. The van der Waals surface area contributed by atoms with Crippen LogP contribution in [0.25, 0.3) is 0 Å². The summed E-state index contributed by atoms with van der Waals surface area (Å²) < 4.78 is 11.5. The van der Waals surface area contributed by atoms with Crippen LogP contribution in [0.3, 0.4) is 0 Å². The number of likely N-dealkylation sites (N-methyl/N-ethyl adjacent to an activating group) is 1. The van der Waals surface area contributed by atoms with E-state index in [1.165, 1.54) is 57.8 Å². The van der Waals surface area contributed by atoms with Crippen molar-refractivity contribution >= 4 is 11.8 Å². The summed E-state index contributed by atoms with van der Waals surface area (Å²) in [7, 11) is 6.08. The number of carbonyl (C=O) groups is 2. The van der Waals surface area contributed by atoms with Crippen molar-refractivity contribution in [1.29, 1.82) is 0 Å². The molecule has 10 nitrogen and oxygen atoms in total. The smallest absolute Gasteiger partial charge is 0.275 e. The number of ether oxygens (including phenoxy) is 2. The third-order valence-electron chi connectivity index (χ3n) is 8.55. The lowest BCUT2D eigenvalue weighted by Crippen LogP contribution is -2.47. The summed E-state index contributed by atoms with van der Waals surface area (Å²) in [5, 5.41) is 36.3. The molecule has 1 heterocycles. The van der Waals surface area contributed by atoms with Crippen molar-refractivity contribution in [3.63, 3.8) is 0 Å². The van der Waals surface area contributed by atoms with E-state index in [4.69, 9.17) is 9.47 Å². The first-order valence-corrected chi connectivity index (χ1v) is 19.2. The minimum absolute atomic E-state index is 0.141. The van der Waals surface area contributed by atoms with Gasteiger partial charge in [-0.05, 0) is 43.9 Å². The first-order chi connectivity index (χ1) is 23.6. The number of hydrogen-bond acceptors (Lipinski definition) is 7. The Hall–Kier alpha value is -2.18. The van der Waals surface area contributed by atoms with Crippen molar-refractivity contribution < 1.29 is 38.9 Å². The zero-order valence-electron chi connectivity index (χ0n) is 31.3. The number of carbonyl (C=O) groups excluding carboxylic acids is 2. The highest BCUT2D eigenvalue weighted by Crippen LogP contribution is 2.25. The lowest BCUT2D eigenvalue weighted by molar-refractivity contribution is -0.862. The molecule has 0 saturated carbocycles. The van der Waals surface area contributed by atoms with E-state index < -0.39 is 36.6 Å². The Labute approximate surface area is 298 Å². The lowest BCUT2D eigenvalue weighted by Gasteiger charge is -2.22. The molecule has 0 radical (unpaired) electrons. The topological polar surface area (TPSA) is 137 Å². The average Bonchev–Trinajstić information content (AvgIpc) is 3.33. The molecule has 0 aromatic rings. The maximum atomic E-state index is 12.3. The average molecular weight is 693 g/mol. The minimum atomic E-state index is -1.57. The fraction of sp³-hybridized carbons (Fsp3) is 0.846. The van der Waals surface area contributed by atoms with Crippen LogP contribution in [-0.2, 0) is 19.1 Å². The van der Waals surface area contributed by atoms with Gasteiger partial charge in [0.2, 0.25) is 0 Å². The van der Waals surface area contributed by atoms with Crippen LogP contribution < -0.4 is 10.6 Å². The molecule has 5 atom stereocenters. The highest BCUT2D eigenvalue weighted by Gasteiger charge is 2.48. The molecule has 0 aliphatic carbocycles. The van der Waals surface area contributed by atoms with Crippen molar-refractivity contribution in [3.8, 4) is 23.7 Å². The van der Waals surface area contributed by atoms with Gasteiger partial charge >= 0.3 is 0 Å². The van der Waals surface area contributed by atoms with Crippen LogP contribution in [0.2, 0.25) is 0 Å². The number of aliphatic hydroxyl groups excluding tert-OH is 3. The van der Waals surface area contributed by atoms with E-state index in [-0.39, 0.29) is 5.91 Å². The Balaban J connectivity index is 1.88. The third kappa shape index (κ3) is 23.8. The molecule has 0 spiro atoms. The Bertz CT molecular complexity index is 995. The second-order valence-corrected chi connectivity index (χ2v) is 14.5. The number of aliphatic hydroxyl groups is 3. The molecular weight excluding hydrogens is 622 g/mol. The molecule has 49 heavy (non-hydrogen) atoms. The molecular formula is C39H70N3O7+. The fourth-order valence-corrected chi connectivity index (χ4v) is 5.61. The van der Waals surface area contributed by atoms with E-state index in [9.17, 15) is 24.9 Å². The summed E-state index contributed by atoms with van der Waals surface area (Å²) >= 11 is 0. The Morgan fingerprint density at radius 3 is 1.67 bits per heavy atom. The second kappa shape index (κ2) is 28.5. The second-order valence-electron chi connectivity index (χ2n) is 14.5. The van der Waals surface area contributed by atoms with Crippen molar-refractivity contribution in [3.05, 3.63) is 0 Å². The van der Waals surface area contributed by atoms with Crippen LogP contribution in [0.4, 0.5) is 0 Å². The zero-order chi connectivity index (χ0) is 36.2. The van der Waals surface area contributed by atoms with Crippen LogP contribution in [0.5, 0.6) is 0 Å². The van der Waals surface area contributed by atoms with Crippen LogP contribution >= 0.6 is 0 Å². The molecule has 5 N–H and O–H groups in total. The molecule has 0 unspecified atom stereocenters. The van der Waals surface area contributed by atoms with Crippen LogP contribution in [-0.4, -0.2) is 110 Å². The van der Waals surface area contributed by atoms with Gasteiger partial charge in [-0.1, -0.05) is 102 Å². The third-order valence-corrected chi connectivity index (χ3v) is 8.55. The Kier molecular flexibility index (Phi) is 26.1. The monoisotopic (exact) mass is 693 g/mol. The van der Waals surface area contributed by atoms with Gasteiger partial charge in [0, 0.05) is 32.5 Å². The van der Waals surface area contributed by atoms with E-state index in [0.29, 0.717) is 24.2 Å². The molecule has 1 rings (SSSR count). The SMILES string of the molecule is CCCCO[C@@H]1O[C@H]([C@H](O)C(=O)NCCCCCCCCCCC#CC#CCCCCCCCCCCNC(=O)C[N+](C)(C)C)[C@H](O)[C@H]1O. The summed E-state index contributed by atoms with van der Waals surface area (Å²) in [4.78, 5) is 24.1. The molecule has 1 aliphatic heterocycles. The number of quaternary nitrogens is 1. The maximum absolute atomic E-state index is 12.3. The summed E-state index contributed by atoms with van der Waals surface area (Å²) in [6.45, 7) is 4.15. The van der Waals surface area contributed by atoms with Gasteiger partial charge in [0.15, 0.2) is 18.9 Å². The first-order valence-electron chi connectivity index (χ1n) is 19.2. The van der Waals surface area contributed by atoms with Crippen LogP contribution in [0.1, 0.15) is 135 Å². The van der Waals surface area contributed by atoms with Gasteiger partial charge in [0.1, 0.15) is 18.3 Å². The quantitative estimate of drug-likeness (QED) is 0.0460. The normalized spacial score (nSPS) is 19.4. The van der Waals surface area contributed by atoms with Gasteiger partial charge in [-0.2, -0.15) is 0 Å². The highest BCUT2D eigenvalue weighted by molar-refractivity contribution is 5.81. The van der Waals surface area contributed by atoms with Crippen molar-refractivity contribution in [2.75, 3.05) is 47.4 Å². The summed E-state index contributed by atoms with van der Waals surface area (Å²) in [6.07, 6.45) is 15.4. The van der Waals surface area contributed by atoms with Crippen molar-refractivity contribution in [2.45, 2.75) is 166 Å². The van der Waals surface area contributed by atoms with Gasteiger partial charge in [0.05, 0.1) is 21.1 Å². The van der Waals surface area contributed by atoms with E-state index in [1.54, 1.807) is 0 Å². The van der Waals surface area contributed by atoms with Crippen LogP contribution in [0.15, 0.2) is 0 Å². The van der Waals surface area contributed by atoms with Crippen molar-refractivity contribution in [2.24, 2.45) is 0 Å². The Morgan fingerprint density at radius 1 is 0.714 bits per heavy atom. The summed E-state index contributed by atoms with van der Waals surface area (Å²) in [5.74, 6) is 11.9. The maximum Gasteiger partial charge on any atom is 0.275 e. The largest absolute Gasteiger partial charge is 0.387 e. The Morgan fingerprint density at radius 2 is 1.18 bits per heavy atom. The number of rotatable bonds is 28. The predicted octanol–water partition coefficient (Wildman–Crippen LogP) is 4.58. The fourth-order valence-electron chi connectivity index (χ4n) is 5.61. The lowest BCUT2D eigenvalue weighted by atomic mass is 10.1. The van der Waals surface area contributed by atoms with Crippen molar-refractivity contribution in [1.82, 2.24) is 10.6 Å². The predicted molar refractivity (Wildman–Crippen MR) is 195 cm³/mol. The molecule has 10 heteroatoms. The molecule has 1 fully saturated rings. The minimum Gasteiger partial charge on any atom is -0.387 e. The molecule has 1 aliphatic rings. The standard InChI is InChI=1S/C39H69N3O7/c1-5-6-31-48-39-35(45)34(44)37(49-39)36(46)38(47)41-30-28-26-24-22-20-18-16-14-12-10-8-7-9-11-13-15-17-19-21-23-25-27-29-40-33(43)32-42(2,3)4/h34-37,39,44-46H,5-6,11-32H2,1-4H3,(H-,40,41,43,47)/p+1/t34-,35-,36+,37+,39-/m1/s1. The summed E-state index contributed by atoms with van der Waals surface area (Å²) in [5.41, 5.74) is 0. The molecule has 0 bridgehead atoms. The van der Waals surface area contributed by atoms with Gasteiger partial charge < -0.3 is 39.9 Å². The van der Waals surface area contributed by atoms with E-state index >= 15 is 0 Å². The van der Waals surface area contributed by atoms with Gasteiger partial charge in [0.25, 0.3) is 11.8 Å². The number of unbranched alkanes of at least 4 members (excludes halogenated alkanes) is 17. The number of amides is 2. The van der Waals surface area contributed by atoms with Crippen LogP contribution in [0, 0.1) is 23.7 Å². The van der Waals surface area contributed by atoms with Gasteiger partial charge in [-0.15, -0.1) is 0 Å². The van der Waals surface area contributed by atoms with E-state index in [2.05, 4.69) is 34.3 Å². The molecule has 282 valence electrons. The molecule has 2 amide bonds. The number of nitrogens with zero attached hydrogens (tertiary/aromatic N) is 1. The zero-order valence-corrected chi connectivity index (χ0v) is 31.3. The van der Waals surface area contributed by atoms with E-state index in [1.807, 2.05) is 28.1 Å². The highest BCUT2D eigenvalue weighted by atomic mass is 16.7. The molecule has 0 aromatic heterocycles. The number of hydrogen-bond donors (Lipinski definition) is 5. The first kappa shape index (κ1) is 44.8.